The van der Waals surface area contributed by atoms with Gasteiger partial charge < -0.3 is 4.74 Å². The molecule has 0 aromatic heterocycles. The standard InChI is InChI=1S/C19H19NO3S/c1-13-10-14(2)19(12-18(13)23-3)24(21,22)20-17-9-8-15-6-4-5-7-16(15)11-17/h4-12,20H,1-3H3. The van der Waals surface area contributed by atoms with Crippen LogP contribution in [0.3, 0.4) is 0 Å². The van der Waals surface area contributed by atoms with Crippen LogP contribution in [0, 0.1) is 13.8 Å². The van der Waals surface area contributed by atoms with Crippen molar-refractivity contribution in [3.63, 3.8) is 0 Å². The number of benzene rings is 3. The second-order valence-corrected chi connectivity index (χ2v) is 7.41. The van der Waals surface area contributed by atoms with E-state index >= 15 is 0 Å². The normalized spacial score (nSPS) is 11.5. The monoisotopic (exact) mass is 341 g/mol. The highest BCUT2D eigenvalue weighted by atomic mass is 32.2. The van der Waals surface area contributed by atoms with Gasteiger partial charge in [0.05, 0.1) is 12.0 Å². The van der Waals surface area contributed by atoms with Crippen LogP contribution in [0.5, 0.6) is 5.75 Å². The van der Waals surface area contributed by atoms with E-state index in [0.717, 1.165) is 16.3 Å². The molecular formula is C19H19NO3S. The molecule has 0 aliphatic heterocycles. The summed E-state index contributed by atoms with van der Waals surface area (Å²) in [7, 11) is -2.16. The molecule has 0 amide bonds. The number of methoxy groups -OCH3 is 1. The van der Waals surface area contributed by atoms with Crippen LogP contribution in [-0.2, 0) is 10.0 Å². The average molecular weight is 341 g/mol. The van der Waals surface area contributed by atoms with Gasteiger partial charge in [0.2, 0.25) is 0 Å². The predicted molar refractivity (Wildman–Crippen MR) is 97.2 cm³/mol. The lowest BCUT2D eigenvalue weighted by Crippen LogP contribution is -2.14. The Morgan fingerprint density at radius 1 is 0.875 bits per heavy atom. The Kier molecular flexibility index (Phi) is 4.20. The summed E-state index contributed by atoms with van der Waals surface area (Å²) in [4.78, 5) is 0.220. The number of hydrogen-bond donors (Lipinski definition) is 1. The van der Waals surface area contributed by atoms with Crippen molar-refractivity contribution in [2.75, 3.05) is 11.8 Å². The SMILES string of the molecule is COc1cc(S(=O)(=O)Nc2ccc3ccccc3c2)c(C)cc1C. The van der Waals surface area contributed by atoms with Crippen LogP contribution in [-0.4, -0.2) is 15.5 Å². The molecule has 3 rings (SSSR count). The highest BCUT2D eigenvalue weighted by molar-refractivity contribution is 7.92. The molecule has 4 nitrogen and oxygen atoms in total. The number of hydrogen-bond acceptors (Lipinski definition) is 3. The van der Waals surface area contributed by atoms with Gasteiger partial charge in [0.15, 0.2) is 0 Å². The summed E-state index contributed by atoms with van der Waals surface area (Å²) in [5, 5.41) is 2.05. The Bertz CT molecular complexity index is 1010. The van der Waals surface area contributed by atoms with Crippen molar-refractivity contribution in [3.8, 4) is 5.75 Å². The van der Waals surface area contributed by atoms with Gasteiger partial charge in [0.25, 0.3) is 10.0 Å². The summed E-state index contributed by atoms with van der Waals surface area (Å²) < 4.78 is 33.4. The van der Waals surface area contributed by atoms with Gasteiger partial charge in [-0.2, -0.15) is 0 Å². The zero-order chi connectivity index (χ0) is 17.3. The largest absolute Gasteiger partial charge is 0.496 e. The highest BCUT2D eigenvalue weighted by Crippen LogP contribution is 2.28. The van der Waals surface area contributed by atoms with Crippen LogP contribution < -0.4 is 9.46 Å². The maximum atomic E-state index is 12.8. The minimum atomic E-state index is -3.69. The molecule has 0 radical (unpaired) electrons. The minimum Gasteiger partial charge on any atom is -0.496 e. The third-order valence-electron chi connectivity index (χ3n) is 3.98. The average Bonchev–Trinajstić information content (AvgIpc) is 2.54. The molecule has 0 heterocycles. The molecule has 0 unspecified atom stereocenters. The Labute approximate surface area is 142 Å². The van der Waals surface area contributed by atoms with Gasteiger partial charge in [-0.15, -0.1) is 0 Å². The van der Waals surface area contributed by atoms with Gasteiger partial charge in [-0.25, -0.2) is 8.42 Å². The topological polar surface area (TPSA) is 55.4 Å². The van der Waals surface area contributed by atoms with Crippen molar-refractivity contribution in [1.29, 1.82) is 0 Å². The molecule has 24 heavy (non-hydrogen) atoms. The Hall–Kier alpha value is -2.53. The van der Waals surface area contributed by atoms with E-state index in [0.29, 0.717) is 17.0 Å². The van der Waals surface area contributed by atoms with Crippen molar-refractivity contribution < 1.29 is 13.2 Å². The van der Waals surface area contributed by atoms with Gasteiger partial charge in [-0.1, -0.05) is 36.4 Å². The molecule has 0 aliphatic carbocycles. The quantitative estimate of drug-likeness (QED) is 0.771. The fraction of sp³-hybridized carbons (Fsp3) is 0.158. The molecule has 0 bridgehead atoms. The van der Waals surface area contributed by atoms with Gasteiger partial charge in [0, 0.05) is 11.8 Å². The maximum absolute atomic E-state index is 12.8. The summed E-state index contributed by atoms with van der Waals surface area (Å²) in [5.41, 5.74) is 2.12. The Morgan fingerprint density at radius 3 is 2.29 bits per heavy atom. The fourth-order valence-corrected chi connectivity index (χ4v) is 4.08. The molecule has 3 aromatic carbocycles. The number of aryl methyl sites for hydroxylation is 2. The lowest BCUT2D eigenvalue weighted by atomic mass is 10.1. The van der Waals surface area contributed by atoms with Crippen molar-refractivity contribution >= 4 is 26.5 Å². The molecule has 5 heteroatoms. The summed E-state index contributed by atoms with van der Waals surface area (Å²) in [5.74, 6) is 0.555. The first-order chi connectivity index (χ1) is 11.4. The van der Waals surface area contributed by atoms with Gasteiger partial charge >= 0.3 is 0 Å². The Morgan fingerprint density at radius 2 is 1.58 bits per heavy atom. The lowest BCUT2D eigenvalue weighted by Gasteiger charge is -2.14. The van der Waals surface area contributed by atoms with Crippen molar-refractivity contribution in [2.24, 2.45) is 0 Å². The smallest absolute Gasteiger partial charge is 0.262 e. The molecule has 0 atom stereocenters. The summed E-state index contributed by atoms with van der Waals surface area (Å²) in [6, 6.07) is 16.7. The summed E-state index contributed by atoms with van der Waals surface area (Å²) >= 11 is 0. The van der Waals surface area contributed by atoms with E-state index in [2.05, 4.69) is 4.72 Å². The predicted octanol–water partition coefficient (Wildman–Crippen LogP) is 4.27. The second kappa shape index (κ2) is 6.17. The number of nitrogens with one attached hydrogen (secondary N) is 1. The summed E-state index contributed by atoms with van der Waals surface area (Å²) in [6.45, 7) is 3.67. The van der Waals surface area contributed by atoms with E-state index in [1.54, 1.807) is 19.1 Å². The highest BCUT2D eigenvalue weighted by Gasteiger charge is 2.19. The molecule has 124 valence electrons. The fourth-order valence-electron chi connectivity index (χ4n) is 2.79. The number of anilines is 1. The molecule has 0 saturated carbocycles. The van der Waals surface area contributed by atoms with Crippen LogP contribution in [0.2, 0.25) is 0 Å². The third-order valence-corrected chi connectivity index (χ3v) is 5.51. The molecule has 0 fully saturated rings. The first kappa shape index (κ1) is 16.3. The first-order valence-corrected chi connectivity index (χ1v) is 9.06. The zero-order valence-electron chi connectivity index (χ0n) is 13.8. The number of fused-ring (bicyclic) bond motifs is 1. The number of sulfonamides is 1. The zero-order valence-corrected chi connectivity index (χ0v) is 14.6. The van der Waals surface area contributed by atoms with Crippen molar-refractivity contribution in [1.82, 2.24) is 0 Å². The van der Waals surface area contributed by atoms with E-state index in [4.69, 9.17) is 4.74 Å². The van der Waals surface area contributed by atoms with Crippen LogP contribution in [0.4, 0.5) is 5.69 Å². The number of ether oxygens (including phenoxy) is 1. The van der Waals surface area contributed by atoms with E-state index in [9.17, 15) is 8.42 Å². The minimum absolute atomic E-state index is 0.220. The van der Waals surface area contributed by atoms with Crippen LogP contribution in [0.15, 0.2) is 59.5 Å². The summed E-state index contributed by atoms with van der Waals surface area (Å²) in [6.07, 6.45) is 0. The molecular weight excluding hydrogens is 322 g/mol. The van der Waals surface area contributed by atoms with E-state index in [-0.39, 0.29) is 4.90 Å². The van der Waals surface area contributed by atoms with E-state index < -0.39 is 10.0 Å². The molecule has 1 N–H and O–H groups in total. The maximum Gasteiger partial charge on any atom is 0.262 e. The van der Waals surface area contributed by atoms with Crippen LogP contribution in [0.1, 0.15) is 11.1 Å². The van der Waals surface area contributed by atoms with Crippen molar-refractivity contribution in [3.05, 3.63) is 65.7 Å². The molecule has 3 aromatic rings. The van der Waals surface area contributed by atoms with Gasteiger partial charge in [0.1, 0.15) is 5.75 Å². The van der Waals surface area contributed by atoms with Gasteiger partial charge in [-0.3, -0.25) is 4.72 Å². The van der Waals surface area contributed by atoms with E-state index in [1.165, 1.54) is 7.11 Å². The van der Waals surface area contributed by atoms with E-state index in [1.807, 2.05) is 49.4 Å². The first-order valence-electron chi connectivity index (χ1n) is 7.57. The number of rotatable bonds is 4. The Balaban J connectivity index is 2.01. The van der Waals surface area contributed by atoms with Crippen LogP contribution in [0.25, 0.3) is 10.8 Å². The van der Waals surface area contributed by atoms with Crippen LogP contribution >= 0.6 is 0 Å². The molecule has 0 aliphatic rings. The van der Waals surface area contributed by atoms with Gasteiger partial charge in [-0.05, 0) is 47.9 Å². The third kappa shape index (κ3) is 3.08. The molecule has 0 spiro atoms. The lowest BCUT2D eigenvalue weighted by molar-refractivity contribution is 0.410. The second-order valence-electron chi connectivity index (χ2n) is 5.75. The van der Waals surface area contributed by atoms with Crippen molar-refractivity contribution in [2.45, 2.75) is 18.7 Å². The molecule has 0 saturated heterocycles.